The monoisotopic (exact) mass is 609 g/mol. The summed E-state index contributed by atoms with van der Waals surface area (Å²) in [5.74, 6) is -1.19. The van der Waals surface area contributed by atoms with E-state index in [4.69, 9.17) is 21.1 Å². The van der Waals surface area contributed by atoms with Crippen LogP contribution in [-0.2, 0) is 20.8 Å². The van der Waals surface area contributed by atoms with Gasteiger partial charge in [-0.25, -0.2) is 4.79 Å². The Balaban J connectivity index is 1.44. The molecule has 1 aromatic heterocycles. The zero-order chi connectivity index (χ0) is 30.0. The first-order chi connectivity index (χ1) is 20.0. The third kappa shape index (κ3) is 7.00. The van der Waals surface area contributed by atoms with E-state index in [2.05, 4.69) is 10.6 Å². The molecule has 0 unspecified atom stereocenters. The fourth-order valence-corrected chi connectivity index (χ4v) is 5.68. The van der Waals surface area contributed by atoms with E-state index in [0.717, 1.165) is 35.4 Å². The number of para-hydroxylation sites is 1. The number of esters is 1. The van der Waals surface area contributed by atoms with Crippen LogP contribution in [0.5, 0.6) is 0 Å². The standard InChI is InChI=1S/C31H32ClN3O6S/c1-31(2,3)41-30(39)21-6-4-5-20(16-33-29(38)24-11-12-25(32)42-24)27(21)34-28(37)19-9-10-23(22(15-19)18-7-8-18)35-13-14-40-17-26(35)36/h4-6,9-12,15,18H,7-8,13-14,16-17H2,1-3H3,(H,33,38)(H,34,37). The van der Waals surface area contributed by atoms with Crippen molar-refractivity contribution in [3.05, 3.63) is 80.0 Å². The van der Waals surface area contributed by atoms with E-state index in [0.29, 0.717) is 33.5 Å². The lowest BCUT2D eigenvalue weighted by Crippen LogP contribution is -2.42. The van der Waals surface area contributed by atoms with E-state index < -0.39 is 17.5 Å². The average Bonchev–Trinajstić information content (AvgIpc) is 3.70. The van der Waals surface area contributed by atoms with Gasteiger partial charge in [-0.3, -0.25) is 14.4 Å². The third-order valence-electron chi connectivity index (χ3n) is 6.83. The van der Waals surface area contributed by atoms with Gasteiger partial charge < -0.3 is 25.0 Å². The van der Waals surface area contributed by atoms with Crippen molar-refractivity contribution in [2.24, 2.45) is 0 Å². The van der Waals surface area contributed by atoms with Crippen LogP contribution in [-0.4, -0.2) is 49.1 Å². The lowest BCUT2D eigenvalue weighted by atomic mass is 10.0. The van der Waals surface area contributed by atoms with Crippen LogP contribution in [0, 0.1) is 0 Å². The predicted molar refractivity (Wildman–Crippen MR) is 162 cm³/mol. The first-order valence-electron chi connectivity index (χ1n) is 13.7. The first-order valence-corrected chi connectivity index (χ1v) is 14.9. The number of rotatable bonds is 8. The van der Waals surface area contributed by atoms with Gasteiger partial charge in [0.25, 0.3) is 17.7 Å². The third-order valence-corrected chi connectivity index (χ3v) is 8.06. The Hall–Kier alpha value is -3.73. The highest BCUT2D eigenvalue weighted by atomic mass is 35.5. The molecule has 1 aliphatic carbocycles. The topological polar surface area (TPSA) is 114 Å². The molecule has 220 valence electrons. The summed E-state index contributed by atoms with van der Waals surface area (Å²) in [6.07, 6.45) is 1.97. The van der Waals surface area contributed by atoms with Crippen molar-refractivity contribution in [2.45, 2.75) is 51.7 Å². The van der Waals surface area contributed by atoms with Crippen LogP contribution in [0.25, 0.3) is 0 Å². The number of amides is 3. The molecule has 0 spiro atoms. The molecule has 5 rings (SSSR count). The summed E-state index contributed by atoms with van der Waals surface area (Å²) in [7, 11) is 0. The molecule has 2 aliphatic rings. The van der Waals surface area contributed by atoms with Crippen LogP contribution in [0.4, 0.5) is 11.4 Å². The van der Waals surface area contributed by atoms with Gasteiger partial charge in [0, 0.05) is 24.3 Å². The molecule has 2 heterocycles. The number of carbonyl (C=O) groups excluding carboxylic acids is 4. The Labute approximate surface area is 253 Å². The number of carbonyl (C=O) groups is 4. The molecule has 1 saturated carbocycles. The number of hydrogen-bond donors (Lipinski definition) is 2. The molecule has 0 radical (unpaired) electrons. The molecule has 2 fully saturated rings. The summed E-state index contributed by atoms with van der Waals surface area (Å²) in [6, 6.07) is 13.6. The maximum atomic E-state index is 13.7. The molecule has 11 heteroatoms. The van der Waals surface area contributed by atoms with Crippen LogP contribution < -0.4 is 15.5 Å². The predicted octanol–water partition coefficient (Wildman–Crippen LogP) is 5.78. The lowest BCUT2D eigenvalue weighted by Gasteiger charge is -2.29. The molecular weight excluding hydrogens is 578 g/mol. The maximum absolute atomic E-state index is 13.7. The molecule has 3 amide bonds. The van der Waals surface area contributed by atoms with E-state index in [9.17, 15) is 19.2 Å². The van der Waals surface area contributed by atoms with Crippen LogP contribution in [0.2, 0.25) is 4.34 Å². The highest BCUT2D eigenvalue weighted by Crippen LogP contribution is 2.45. The largest absolute Gasteiger partial charge is 0.456 e. The second-order valence-corrected chi connectivity index (χ2v) is 12.9. The minimum absolute atomic E-state index is 0.0344. The molecule has 0 bridgehead atoms. The second kappa shape index (κ2) is 12.2. The minimum atomic E-state index is -0.757. The van der Waals surface area contributed by atoms with Crippen LogP contribution in [0.1, 0.15) is 81.0 Å². The van der Waals surface area contributed by atoms with Gasteiger partial charge in [0.05, 0.1) is 27.1 Å². The Morgan fingerprint density at radius 2 is 1.88 bits per heavy atom. The van der Waals surface area contributed by atoms with Crippen molar-refractivity contribution in [3.8, 4) is 0 Å². The van der Waals surface area contributed by atoms with E-state index in [1.165, 1.54) is 0 Å². The SMILES string of the molecule is CC(C)(C)OC(=O)c1cccc(CNC(=O)c2ccc(Cl)s2)c1NC(=O)c1ccc(N2CCOCC2=O)c(C2CC2)c1. The van der Waals surface area contributed by atoms with Crippen LogP contribution >= 0.6 is 22.9 Å². The molecule has 1 aliphatic heterocycles. The van der Waals surface area contributed by atoms with Gasteiger partial charge in [-0.2, -0.15) is 0 Å². The van der Waals surface area contributed by atoms with Gasteiger partial charge >= 0.3 is 5.97 Å². The van der Waals surface area contributed by atoms with Crippen LogP contribution in [0.3, 0.4) is 0 Å². The number of nitrogens with one attached hydrogen (secondary N) is 2. The quantitative estimate of drug-likeness (QED) is 0.313. The Morgan fingerprint density at radius 3 is 2.55 bits per heavy atom. The second-order valence-electron chi connectivity index (χ2n) is 11.2. The zero-order valence-corrected chi connectivity index (χ0v) is 25.2. The molecule has 0 atom stereocenters. The maximum Gasteiger partial charge on any atom is 0.340 e. The van der Waals surface area contributed by atoms with E-state index in [1.54, 1.807) is 68.1 Å². The van der Waals surface area contributed by atoms with Gasteiger partial charge in [0.1, 0.15) is 12.2 Å². The van der Waals surface area contributed by atoms with Crippen molar-refractivity contribution in [3.63, 3.8) is 0 Å². The summed E-state index contributed by atoms with van der Waals surface area (Å²) in [5.41, 5.74) is 2.33. The van der Waals surface area contributed by atoms with Gasteiger partial charge in [-0.15, -0.1) is 11.3 Å². The summed E-state index contributed by atoms with van der Waals surface area (Å²) >= 11 is 7.14. The molecular formula is C31H32ClN3O6S. The Morgan fingerprint density at radius 1 is 1.10 bits per heavy atom. The summed E-state index contributed by atoms with van der Waals surface area (Å²) in [6.45, 7) is 6.29. The number of thiophene rings is 1. The number of benzene rings is 2. The average molecular weight is 610 g/mol. The highest BCUT2D eigenvalue weighted by molar-refractivity contribution is 7.18. The summed E-state index contributed by atoms with van der Waals surface area (Å²) in [5, 5.41) is 5.75. The van der Waals surface area contributed by atoms with Gasteiger partial charge in [-0.05, 0) is 87.1 Å². The number of ether oxygens (including phenoxy) is 2. The van der Waals surface area contributed by atoms with Gasteiger partial charge in [0.15, 0.2) is 0 Å². The van der Waals surface area contributed by atoms with Gasteiger partial charge in [0.2, 0.25) is 0 Å². The molecule has 3 aromatic rings. The number of morpholine rings is 1. The molecule has 9 nitrogen and oxygen atoms in total. The van der Waals surface area contributed by atoms with Crippen molar-refractivity contribution >= 4 is 58.0 Å². The Kier molecular flexibility index (Phi) is 8.68. The van der Waals surface area contributed by atoms with E-state index in [-0.39, 0.29) is 42.1 Å². The molecule has 42 heavy (non-hydrogen) atoms. The smallest absolute Gasteiger partial charge is 0.340 e. The minimum Gasteiger partial charge on any atom is -0.456 e. The number of nitrogens with zero attached hydrogens (tertiary/aromatic N) is 1. The summed E-state index contributed by atoms with van der Waals surface area (Å²) < 4.78 is 11.4. The fraction of sp³-hybridized carbons (Fsp3) is 0.355. The van der Waals surface area contributed by atoms with E-state index in [1.807, 2.05) is 6.07 Å². The van der Waals surface area contributed by atoms with Crippen LogP contribution in [0.15, 0.2) is 48.5 Å². The fourth-order valence-electron chi connectivity index (χ4n) is 4.72. The molecule has 2 N–H and O–H groups in total. The molecule has 1 saturated heterocycles. The van der Waals surface area contributed by atoms with Crippen molar-refractivity contribution in [1.82, 2.24) is 5.32 Å². The Bertz CT molecular complexity index is 1540. The highest BCUT2D eigenvalue weighted by Gasteiger charge is 2.32. The van der Waals surface area contributed by atoms with E-state index >= 15 is 0 Å². The van der Waals surface area contributed by atoms with Crippen molar-refractivity contribution < 1.29 is 28.7 Å². The number of anilines is 2. The lowest BCUT2D eigenvalue weighted by molar-refractivity contribution is -0.125. The first kappa shape index (κ1) is 29.8. The van der Waals surface area contributed by atoms with Crippen molar-refractivity contribution in [2.75, 3.05) is 30.0 Å². The zero-order valence-electron chi connectivity index (χ0n) is 23.6. The summed E-state index contributed by atoms with van der Waals surface area (Å²) in [4.78, 5) is 54.3. The molecule has 2 aromatic carbocycles. The van der Waals surface area contributed by atoms with Crippen molar-refractivity contribution in [1.29, 1.82) is 0 Å². The van der Waals surface area contributed by atoms with Gasteiger partial charge in [-0.1, -0.05) is 23.7 Å². The normalized spacial score (nSPS) is 15.3. The number of hydrogen-bond acceptors (Lipinski definition) is 7. The number of halogens is 1.